The summed E-state index contributed by atoms with van der Waals surface area (Å²) in [5.41, 5.74) is -1.84. The predicted molar refractivity (Wildman–Crippen MR) is 71.4 cm³/mol. The molecule has 0 radical (unpaired) electrons. The fraction of sp³-hybridized carbons (Fsp3) is 0.692. The Morgan fingerprint density at radius 2 is 2.14 bits per heavy atom. The highest BCUT2D eigenvalue weighted by Crippen LogP contribution is 2.44. The first-order valence-corrected chi connectivity index (χ1v) is 7.36. The first-order chi connectivity index (χ1) is 10.3. The maximum Gasteiger partial charge on any atom is 0.421 e. The quantitative estimate of drug-likeness (QED) is 0.899. The van der Waals surface area contributed by atoms with Gasteiger partial charge in [-0.1, -0.05) is 11.6 Å². The second-order valence-electron chi connectivity index (χ2n) is 5.83. The lowest BCUT2D eigenvalue weighted by molar-refractivity contribution is -0.138. The van der Waals surface area contributed by atoms with Crippen LogP contribution in [0.25, 0.3) is 0 Å². The third-order valence-corrected chi connectivity index (χ3v) is 5.03. The van der Waals surface area contributed by atoms with E-state index >= 15 is 0 Å². The molecule has 3 atom stereocenters. The van der Waals surface area contributed by atoms with Crippen LogP contribution in [0, 0.1) is 5.92 Å². The van der Waals surface area contributed by atoms with Crippen molar-refractivity contribution >= 4 is 17.5 Å². The van der Waals surface area contributed by atoms with Gasteiger partial charge in [-0.3, -0.25) is 9.48 Å². The molecule has 0 aliphatic carbocycles. The van der Waals surface area contributed by atoms with Gasteiger partial charge in [0.2, 0.25) is 0 Å². The van der Waals surface area contributed by atoms with Crippen LogP contribution in [0.2, 0.25) is 5.15 Å². The predicted octanol–water partition coefficient (Wildman–Crippen LogP) is 2.08. The third kappa shape index (κ3) is 2.20. The van der Waals surface area contributed by atoms with Gasteiger partial charge in [0.1, 0.15) is 10.7 Å². The summed E-state index contributed by atoms with van der Waals surface area (Å²) in [5, 5.41) is 12.4. The number of amides is 1. The molecule has 3 unspecified atom stereocenters. The number of aromatic nitrogens is 2. The molecule has 2 aliphatic rings. The van der Waals surface area contributed by atoms with Crippen molar-refractivity contribution in [2.75, 3.05) is 6.61 Å². The van der Waals surface area contributed by atoms with Crippen molar-refractivity contribution in [3.8, 4) is 0 Å². The number of fused-ring (bicyclic) bond motifs is 2. The van der Waals surface area contributed by atoms with E-state index in [1.54, 1.807) is 0 Å². The number of halogens is 4. The molecule has 22 heavy (non-hydrogen) atoms. The van der Waals surface area contributed by atoms with Gasteiger partial charge in [-0.25, -0.2) is 0 Å². The van der Waals surface area contributed by atoms with Crippen LogP contribution in [0.4, 0.5) is 13.2 Å². The molecule has 1 aromatic heterocycles. The summed E-state index contributed by atoms with van der Waals surface area (Å²) in [4.78, 5) is 14.1. The monoisotopic (exact) mass is 337 g/mol. The van der Waals surface area contributed by atoms with Gasteiger partial charge in [0.15, 0.2) is 5.69 Å². The molecule has 2 fully saturated rings. The average molecular weight is 338 g/mol. The number of carbonyl (C=O) groups excluding carboxylic acids is 1. The van der Waals surface area contributed by atoms with Crippen molar-refractivity contribution in [3.05, 3.63) is 16.4 Å². The molecule has 5 nitrogen and oxygen atoms in total. The van der Waals surface area contributed by atoms with Gasteiger partial charge >= 0.3 is 6.18 Å². The van der Waals surface area contributed by atoms with E-state index in [1.165, 1.54) is 11.9 Å². The van der Waals surface area contributed by atoms with Crippen molar-refractivity contribution in [3.63, 3.8) is 0 Å². The number of carbonyl (C=O) groups is 1. The Kier molecular flexibility index (Phi) is 3.64. The first-order valence-electron chi connectivity index (χ1n) is 6.99. The SMILES string of the molecule is Cn1nc(C(=O)N2C3CCC2C(CO)C3)c(C(F)(F)F)c1Cl. The van der Waals surface area contributed by atoms with E-state index in [0.717, 1.165) is 11.1 Å². The minimum atomic E-state index is -4.74. The lowest BCUT2D eigenvalue weighted by atomic mass is 9.90. The molecule has 0 saturated carbocycles. The number of aliphatic hydroxyl groups excluding tert-OH is 1. The number of rotatable bonds is 2. The van der Waals surface area contributed by atoms with Gasteiger partial charge < -0.3 is 10.0 Å². The zero-order valence-corrected chi connectivity index (χ0v) is 12.5. The molecule has 0 aromatic carbocycles. The number of aryl methyl sites for hydroxylation is 1. The van der Waals surface area contributed by atoms with Crippen molar-refractivity contribution in [2.24, 2.45) is 13.0 Å². The van der Waals surface area contributed by atoms with Gasteiger partial charge in [-0.15, -0.1) is 0 Å². The fourth-order valence-electron chi connectivity index (χ4n) is 3.65. The second kappa shape index (κ2) is 5.13. The number of alkyl halides is 3. The first kappa shape index (κ1) is 15.6. The fourth-order valence-corrected chi connectivity index (χ4v) is 3.89. The Bertz CT molecular complexity index is 616. The smallest absolute Gasteiger partial charge is 0.396 e. The lowest BCUT2D eigenvalue weighted by Gasteiger charge is -2.23. The van der Waals surface area contributed by atoms with Crippen LogP contribution in [0.3, 0.4) is 0 Å². The summed E-state index contributed by atoms with van der Waals surface area (Å²) >= 11 is 5.66. The Morgan fingerprint density at radius 1 is 1.45 bits per heavy atom. The van der Waals surface area contributed by atoms with Crippen molar-refractivity contribution in [1.29, 1.82) is 0 Å². The molecule has 0 spiro atoms. The zero-order chi connectivity index (χ0) is 16.2. The van der Waals surface area contributed by atoms with Crippen molar-refractivity contribution < 1.29 is 23.1 Å². The molecule has 2 aliphatic heterocycles. The van der Waals surface area contributed by atoms with Crippen molar-refractivity contribution in [2.45, 2.75) is 37.5 Å². The van der Waals surface area contributed by atoms with E-state index in [0.29, 0.717) is 12.8 Å². The van der Waals surface area contributed by atoms with Crippen LogP contribution in [-0.2, 0) is 13.2 Å². The normalized spacial score (nSPS) is 27.7. The van der Waals surface area contributed by atoms with E-state index < -0.39 is 28.5 Å². The maximum atomic E-state index is 13.2. The Balaban J connectivity index is 1.99. The van der Waals surface area contributed by atoms with E-state index in [-0.39, 0.29) is 24.6 Å². The van der Waals surface area contributed by atoms with E-state index in [9.17, 15) is 23.1 Å². The minimum absolute atomic E-state index is 0.0694. The Labute approximate surface area is 129 Å². The van der Waals surface area contributed by atoms with Gasteiger partial charge in [0.05, 0.1) is 0 Å². The van der Waals surface area contributed by atoms with Crippen LogP contribution in [-0.4, -0.2) is 44.4 Å². The molecule has 3 rings (SSSR count). The summed E-state index contributed by atoms with van der Waals surface area (Å²) < 4.78 is 40.4. The molecular weight excluding hydrogens is 323 g/mol. The molecule has 2 bridgehead atoms. The van der Waals surface area contributed by atoms with Crippen LogP contribution < -0.4 is 0 Å². The molecule has 3 heterocycles. The van der Waals surface area contributed by atoms with E-state index in [1.807, 2.05) is 0 Å². The number of nitrogens with zero attached hydrogens (tertiary/aromatic N) is 3. The standard InChI is InChI=1S/C13H15ClF3N3O2/c1-19-11(14)9(13(15,16)17)10(18-19)12(22)20-7-2-3-8(20)6(4-7)5-21/h6-8,21H,2-5H2,1H3. The molecule has 1 N–H and O–H groups in total. The Morgan fingerprint density at radius 3 is 2.68 bits per heavy atom. The largest absolute Gasteiger partial charge is 0.421 e. The lowest BCUT2D eigenvalue weighted by Crippen LogP contribution is -2.38. The van der Waals surface area contributed by atoms with Crippen LogP contribution in [0.1, 0.15) is 35.3 Å². The van der Waals surface area contributed by atoms with Crippen LogP contribution in [0.5, 0.6) is 0 Å². The average Bonchev–Trinajstić information content (AvgIpc) is 3.09. The molecule has 1 amide bonds. The number of hydrogen-bond donors (Lipinski definition) is 1. The highest BCUT2D eigenvalue weighted by molar-refractivity contribution is 6.31. The van der Waals surface area contributed by atoms with Crippen LogP contribution in [0.15, 0.2) is 0 Å². The van der Waals surface area contributed by atoms with Gasteiger partial charge in [0, 0.05) is 31.7 Å². The minimum Gasteiger partial charge on any atom is -0.396 e. The van der Waals surface area contributed by atoms with Gasteiger partial charge in [-0.2, -0.15) is 18.3 Å². The summed E-state index contributed by atoms with van der Waals surface area (Å²) in [6.07, 6.45) is -2.68. The van der Waals surface area contributed by atoms with Crippen molar-refractivity contribution in [1.82, 2.24) is 14.7 Å². The molecule has 1 aromatic rings. The summed E-state index contributed by atoms with van der Waals surface area (Å²) in [6.45, 7) is -0.0694. The maximum absolute atomic E-state index is 13.2. The number of hydrogen-bond acceptors (Lipinski definition) is 3. The molecule has 122 valence electrons. The van der Waals surface area contributed by atoms with Gasteiger partial charge in [0.25, 0.3) is 5.91 Å². The van der Waals surface area contributed by atoms with E-state index in [2.05, 4.69) is 5.10 Å². The highest BCUT2D eigenvalue weighted by atomic mass is 35.5. The molecule has 2 saturated heterocycles. The highest BCUT2D eigenvalue weighted by Gasteiger charge is 2.51. The summed E-state index contributed by atoms with van der Waals surface area (Å²) in [5.74, 6) is -0.825. The molecule has 9 heteroatoms. The zero-order valence-electron chi connectivity index (χ0n) is 11.8. The summed E-state index contributed by atoms with van der Waals surface area (Å²) in [6, 6.07) is -0.346. The topological polar surface area (TPSA) is 58.4 Å². The van der Waals surface area contributed by atoms with Gasteiger partial charge in [-0.05, 0) is 19.3 Å². The van der Waals surface area contributed by atoms with E-state index in [4.69, 9.17) is 11.6 Å². The summed E-state index contributed by atoms with van der Waals surface area (Å²) in [7, 11) is 1.27. The number of aliphatic hydroxyl groups is 1. The second-order valence-corrected chi connectivity index (χ2v) is 6.18. The third-order valence-electron chi connectivity index (χ3n) is 4.60. The van der Waals surface area contributed by atoms with Crippen LogP contribution >= 0.6 is 11.6 Å². The Hall–Kier alpha value is -1.28. The molecular formula is C13H15ClF3N3O2.